The van der Waals surface area contributed by atoms with Gasteiger partial charge in [-0.2, -0.15) is 0 Å². The van der Waals surface area contributed by atoms with E-state index in [2.05, 4.69) is 32.8 Å². The average Bonchev–Trinajstić information content (AvgIpc) is 2.40. The molecule has 0 aliphatic carbocycles. The summed E-state index contributed by atoms with van der Waals surface area (Å²) in [5.41, 5.74) is 7.43. The highest BCUT2D eigenvalue weighted by molar-refractivity contribution is 6.30. The molecule has 3 nitrogen and oxygen atoms in total. The second-order valence-electron chi connectivity index (χ2n) is 5.07. The lowest BCUT2D eigenvalue weighted by Gasteiger charge is -2.44. The van der Waals surface area contributed by atoms with Gasteiger partial charge < -0.3 is 15.4 Å². The van der Waals surface area contributed by atoms with E-state index >= 15 is 0 Å². The van der Waals surface area contributed by atoms with Crippen molar-refractivity contribution in [1.82, 2.24) is 4.90 Å². The van der Waals surface area contributed by atoms with Crippen LogP contribution in [-0.4, -0.2) is 31.6 Å². The summed E-state index contributed by atoms with van der Waals surface area (Å²) in [5.74, 6) is 0.796. The Morgan fingerprint density at radius 2 is 1.89 bits per heavy atom. The standard InChI is InChI=1S/C15H25ClN2O/c1-6-15(7-2,18(3)4)14(17)12-10-11(16)8-9-13(12)19-5/h8-10,14H,6-7,17H2,1-5H3. The fourth-order valence-corrected chi connectivity index (χ4v) is 3.02. The molecule has 0 saturated heterocycles. The average molecular weight is 285 g/mol. The molecule has 0 amide bonds. The van der Waals surface area contributed by atoms with Gasteiger partial charge in [-0.25, -0.2) is 0 Å². The van der Waals surface area contributed by atoms with Gasteiger partial charge in [0, 0.05) is 16.1 Å². The third kappa shape index (κ3) is 3.04. The molecule has 0 bridgehead atoms. The summed E-state index contributed by atoms with van der Waals surface area (Å²) in [7, 11) is 5.81. The SMILES string of the molecule is CCC(CC)(C(N)c1cc(Cl)ccc1OC)N(C)C. The van der Waals surface area contributed by atoms with Gasteiger partial charge in [0.05, 0.1) is 13.2 Å². The molecule has 1 aromatic rings. The quantitative estimate of drug-likeness (QED) is 0.869. The number of benzene rings is 1. The van der Waals surface area contributed by atoms with Crippen LogP contribution in [0.5, 0.6) is 5.75 Å². The minimum Gasteiger partial charge on any atom is -0.496 e. The second kappa shape index (κ2) is 6.60. The molecule has 108 valence electrons. The summed E-state index contributed by atoms with van der Waals surface area (Å²) in [6.07, 6.45) is 1.93. The smallest absolute Gasteiger partial charge is 0.123 e. The first kappa shape index (κ1) is 16.3. The van der Waals surface area contributed by atoms with E-state index in [0.717, 1.165) is 24.2 Å². The van der Waals surface area contributed by atoms with E-state index in [1.807, 2.05) is 18.2 Å². The lowest BCUT2D eigenvalue weighted by Crippen LogP contribution is -2.51. The Balaban J connectivity index is 3.30. The summed E-state index contributed by atoms with van der Waals surface area (Å²) < 4.78 is 5.43. The lowest BCUT2D eigenvalue weighted by molar-refractivity contribution is 0.104. The zero-order valence-corrected chi connectivity index (χ0v) is 13.3. The molecule has 4 heteroatoms. The van der Waals surface area contributed by atoms with Crippen molar-refractivity contribution in [3.05, 3.63) is 28.8 Å². The van der Waals surface area contributed by atoms with Gasteiger partial charge in [0.25, 0.3) is 0 Å². The molecule has 0 spiro atoms. The van der Waals surface area contributed by atoms with E-state index in [1.165, 1.54) is 0 Å². The van der Waals surface area contributed by atoms with Gasteiger partial charge in [0.1, 0.15) is 5.75 Å². The number of nitrogens with zero attached hydrogens (tertiary/aromatic N) is 1. The van der Waals surface area contributed by atoms with Gasteiger partial charge in [-0.3, -0.25) is 0 Å². The van der Waals surface area contributed by atoms with Gasteiger partial charge >= 0.3 is 0 Å². The molecule has 1 atom stereocenters. The van der Waals surface area contributed by atoms with Crippen LogP contribution in [0.1, 0.15) is 38.3 Å². The molecule has 2 N–H and O–H groups in total. The number of methoxy groups -OCH3 is 1. The summed E-state index contributed by atoms with van der Waals surface area (Å²) in [6.45, 7) is 4.33. The molecule has 0 saturated carbocycles. The highest BCUT2D eigenvalue weighted by atomic mass is 35.5. The zero-order valence-electron chi connectivity index (χ0n) is 12.5. The third-order valence-corrected chi connectivity index (χ3v) is 4.46. The van der Waals surface area contributed by atoms with Crippen LogP contribution in [0.3, 0.4) is 0 Å². The Bertz CT molecular complexity index is 417. The minimum atomic E-state index is -0.147. The normalized spacial score (nSPS) is 13.7. The predicted molar refractivity (Wildman–Crippen MR) is 81.9 cm³/mol. The molecule has 0 heterocycles. The summed E-state index contributed by atoms with van der Waals surface area (Å²) in [4.78, 5) is 2.21. The molecule has 0 radical (unpaired) electrons. The zero-order chi connectivity index (χ0) is 14.6. The monoisotopic (exact) mass is 284 g/mol. The molecule has 1 unspecified atom stereocenters. The van der Waals surface area contributed by atoms with E-state index in [9.17, 15) is 0 Å². The van der Waals surface area contributed by atoms with Crippen molar-refractivity contribution in [3.63, 3.8) is 0 Å². The molecule has 0 aliphatic heterocycles. The Morgan fingerprint density at radius 3 is 2.32 bits per heavy atom. The van der Waals surface area contributed by atoms with Crippen molar-refractivity contribution < 1.29 is 4.74 Å². The lowest BCUT2D eigenvalue weighted by atomic mass is 9.80. The Morgan fingerprint density at radius 1 is 1.32 bits per heavy atom. The van der Waals surface area contributed by atoms with Crippen molar-refractivity contribution in [2.75, 3.05) is 21.2 Å². The first-order chi connectivity index (χ1) is 8.92. The molecular formula is C15H25ClN2O. The molecular weight excluding hydrogens is 260 g/mol. The Hall–Kier alpha value is -0.770. The number of rotatable bonds is 6. The Labute approximate surface area is 121 Å². The van der Waals surface area contributed by atoms with E-state index in [0.29, 0.717) is 5.02 Å². The predicted octanol–water partition coefficient (Wildman–Crippen LogP) is 3.47. The van der Waals surface area contributed by atoms with Crippen molar-refractivity contribution in [2.45, 2.75) is 38.3 Å². The van der Waals surface area contributed by atoms with Gasteiger partial charge in [-0.05, 0) is 45.1 Å². The van der Waals surface area contributed by atoms with Gasteiger partial charge in [-0.15, -0.1) is 0 Å². The molecule has 1 rings (SSSR count). The number of ether oxygens (including phenoxy) is 1. The number of hydrogen-bond donors (Lipinski definition) is 1. The van der Waals surface area contributed by atoms with Crippen LogP contribution in [-0.2, 0) is 0 Å². The van der Waals surface area contributed by atoms with E-state index in [-0.39, 0.29) is 11.6 Å². The maximum Gasteiger partial charge on any atom is 0.123 e. The molecule has 0 aliphatic rings. The van der Waals surface area contributed by atoms with Gasteiger partial charge in [-0.1, -0.05) is 25.4 Å². The molecule has 0 fully saturated rings. The maximum atomic E-state index is 6.56. The Kier molecular flexibility index (Phi) is 5.65. The van der Waals surface area contributed by atoms with Crippen molar-refractivity contribution in [2.24, 2.45) is 5.73 Å². The van der Waals surface area contributed by atoms with Crippen LogP contribution in [0.25, 0.3) is 0 Å². The number of hydrogen-bond acceptors (Lipinski definition) is 3. The highest BCUT2D eigenvalue weighted by Gasteiger charge is 2.37. The summed E-state index contributed by atoms with van der Waals surface area (Å²) in [6, 6.07) is 5.47. The highest BCUT2D eigenvalue weighted by Crippen LogP contribution is 2.38. The van der Waals surface area contributed by atoms with E-state index in [4.69, 9.17) is 22.1 Å². The first-order valence-corrected chi connectivity index (χ1v) is 7.07. The van der Waals surface area contributed by atoms with Crippen molar-refractivity contribution in [1.29, 1.82) is 0 Å². The first-order valence-electron chi connectivity index (χ1n) is 6.69. The number of halogens is 1. The number of nitrogens with two attached hydrogens (primary N) is 1. The van der Waals surface area contributed by atoms with Crippen LogP contribution in [0, 0.1) is 0 Å². The van der Waals surface area contributed by atoms with Crippen molar-refractivity contribution >= 4 is 11.6 Å². The molecule has 19 heavy (non-hydrogen) atoms. The minimum absolute atomic E-state index is 0.0992. The second-order valence-corrected chi connectivity index (χ2v) is 5.51. The molecule has 0 aromatic heterocycles. The third-order valence-electron chi connectivity index (χ3n) is 4.22. The van der Waals surface area contributed by atoms with Crippen LogP contribution in [0.15, 0.2) is 18.2 Å². The fourth-order valence-electron chi connectivity index (χ4n) is 2.84. The largest absolute Gasteiger partial charge is 0.496 e. The van der Waals surface area contributed by atoms with Crippen LogP contribution < -0.4 is 10.5 Å². The van der Waals surface area contributed by atoms with Gasteiger partial charge in [0.2, 0.25) is 0 Å². The maximum absolute atomic E-state index is 6.56. The van der Waals surface area contributed by atoms with E-state index < -0.39 is 0 Å². The van der Waals surface area contributed by atoms with Gasteiger partial charge in [0.15, 0.2) is 0 Å². The van der Waals surface area contributed by atoms with Crippen LogP contribution >= 0.6 is 11.6 Å². The van der Waals surface area contributed by atoms with E-state index in [1.54, 1.807) is 7.11 Å². The summed E-state index contributed by atoms with van der Waals surface area (Å²) >= 11 is 6.11. The van der Waals surface area contributed by atoms with Crippen LogP contribution in [0.4, 0.5) is 0 Å². The molecule has 1 aromatic carbocycles. The van der Waals surface area contributed by atoms with Crippen LogP contribution in [0.2, 0.25) is 5.02 Å². The topological polar surface area (TPSA) is 38.5 Å². The number of likely N-dealkylation sites (N-methyl/N-ethyl adjacent to an activating group) is 1. The fraction of sp³-hybridized carbons (Fsp3) is 0.600. The summed E-state index contributed by atoms with van der Waals surface area (Å²) in [5, 5.41) is 0.686. The van der Waals surface area contributed by atoms with Crippen molar-refractivity contribution in [3.8, 4) is 5.75 Å².